The van der Waals surface area contributed by atoms with Crippen molar-refractivity contribution in [1.82, 2.24) is 9.78 Å². The van der Waals surface area contributed by atoms with Crippen LogP contribution in [0.3, 0.4) is 0 Å². The van der Waals surface area contributed by atoms with Gasteiger partial charge >= 0.3 is 0 Å². The zero-order valence-corrected chi connectivity index (χ0v) is 10.5. The number of hydrogen-bond donors (Lipinski definition) is 0. The van der Waals surface area contributed by atoms with Crippen molar-refractivity contribution in [2.75, 3.05) is 0 Å². The van der Waals surface area contributed by atoms with Gasteiger partial charge in [0.1, 0.15) is 5.69 Å². The van der Waals surface area contributed by atoms with Crippen LogP contribution in [0.5, 0.6) is 0 Å². The Bertz CT molecular complexity index is 717. The molecule has 2 heterocycles. The zero-order chi connectivity index (χ0) is 13.2. The highest BCUT2D eigenvalue weighted by atomic mass is 35.5. The molecular formula is C14H9ClN2O2. The summed E-state index contributed by atoms with van der Waals surface area (Å²) in [5.41, 5.74) is 2.65. The highest BCUT2D eigenvalue weighted by Gasteiger charge is 2.12. The van der Waals surface area contributed by atoms with Gasteiger partial charge < -0.3 is 4.42 Å². The number of aldehydes is 1. The lowest BCUT2D eigenvalue weighted by molar-refractivity contribution is 0.112. The fraction of sp³-hybridized carbons (Fsp3) is 0. The van der Waals surface area contributed by atoms with E-state index in [0.717, 1.165) is 17.5 Å². The van der Waals surface area contributed by atoms with E-state index in [0.29, 0.717) is 16.3 Å². The number of hydrogen-bond acceptors (Lipinski definition) is 3. The maximum Gasteiger partial charge on any atom is 0.153 e. The normalized spacial score (nSPS) is 10.6. The van der Waals surface area contributed by atoms with Crippen LogP contribution in [0.4, 0.5) is 0 Å². The van der Waals surface area contributed by atoms with Gasteiger partial charge in [0.2, 0.25) is 0 Å². The Hall–Kier alpha value is -2.33. The van der Waals surface area contributed by atoms with E-state index in [9.17, 15) is 4.79 Å². The third-order valence-electron chi connectivity index (χ3n) is 2.74. The van der Waals surface area contributed by atoms with Gasteiger partial charge in [-0.3, -0.25) is 4.79 Å². The van der Waals surface area contributed by atoms with E-state index in [1.165, 1.54) is 0 Å². The van der Waals surface area contributed by atoms with Crippen molar-refractivity contribution in [3.8, 4) is 16.9 Å². The van der Waals surface area contributed by atoms with Crippen LogP contribution in [0, 0.1) is 0 Å². The SMILES string of the molecule is O=Cc1cn(-c2cccc(Cl)c2)nc1-c1ccoc1. The number of carbonyl (C=O) groups excluding carboxylic acids is 1. The number of halogens is 1. The monoisotopic (exact) mass is 272 g/mol. The summed E-state index contributed by atoms with van der Waals surface area (Å²) in [5.74, 6) is 0. The standard InChI is InChI=1S/C14H9ClN2O2/c15-12-2-1-3-13(6-12)17-7-11(8-18)14(16-17)10-4-5-19-9-10/h1-9H. The summed E-state index contributed by atoms with van der Waals surface area (Å²) >= 11 is 5.95. The second-order valence-electron chi connectivity index (χ2n) is 3.99. The molecule has 3 aromatic rings. The Morgan fingerprint density at radius 3 is 2.89 bits per heavy atom. The fourth-order valence-electron chi connectivity index (χ4n) is 1.85. The summed E-state index contributed by atoms with van der Waals surface area (Å²) < 4.78 is 6.64. The number of rotatable bonds is 3. The van der Waals surface area contributed by atoms with Crippen molar-refractivity contribution in [3.63, 3.8) is 0 Å². The molecule has 0 atom stereocenters. The topological polar surface area (TPSA) is 48.0 Å². The first-order chi connectivity index (χ1) is 9.28. The molecule has 0 aliphatic carbocycles. The molecule has 3 rings (SSSR count). The fourth-order valence-corrected chi connectivity index (χ4v) is 2.03. The van der Waals surface area contributed by atoms with Crippen LogP contribution in [0.25, 0.3) is 16.9 Å². The second-order valence-corrected chi connectivity index (χ2v) is 4.42. The molecule has 0 radical (unpaired) electrons. The Morgan fingerprint density at radius 2 is 2.21 bits per heavy atom. The molecule has 0 saturated carbocycles. The number of benzene rings is 1. The number of furan rings is 1. The van der Waals surface area contributed by atoms with E-state index in [1.54, 1.807) is 41.6 Å². The summed E-state index contributed by atoms with van der Waals surface area (Å²) in [6.07, 6.45) is 5.54. The van der Waals surface area contributed by atoms with Gasteiger partial charge in [-0.25, -0.2) is 4.68 Å². The molecule has 94 valence electrons. The van der Waals surface area contributed by atoms with Gasteiger partial charge in [0.25, 0.3) is 0 Å². The highest BCUT2D eigenvalue weighted by molar-refractivity contribution is 6.30. The van der Waals surface area contributed by atoms with E-state index in [2.05, 4.69) is 5.10 Å². The van der Waals surface area contributed by atoms with E-state index in [1.807, 2.05) is 12.1 Å². The lowest BCUT2D eigenvalue weighted by Gasteiger charge is -2.00. The van der Waals surface area contributed by atoms with Gasteiger partial charge in [0, 0.05) is 16.8 Å². The van der Waals surface area contributed by atoms with Gasteiger partial charge in [0.15, 0.2) is 6.29 Å². The van der Waals surface area contributed by atoms with Crippen molar-refractivity contribution < 1.29 is 9.21 Å². The minimum Gasteiger partial charge on any atom is -0.472 e. The average molecular weight is 273 g/mol. The van der Waals surface area contributed by atoms with Crippen LogP contribution in [-0.4, -0.2) is 16.1 Å². The van der Waals surface area contributed by atoms with Crippen LogP contribution in [-0.2, 0) is 0 Å². The molecule has 0 saturated heterocycles. The summed E-state index contributed by atoms with van der Waals surface area (Å²) in [5, 5.41) is 5.02. The van der Waals surface area contributed by atoms with Crippen molar-refractivity contribution in [1.29, 1.82) is 0 Å². The largest absolute Gasteiger partial charge is 0.472 e. The predicted molar refractivity (Wildman–Crippen MR) is 71.7 cm³/mol. The summed E-state index contributed by atoms with van der Waals surface area (Å²) in [4.78, 5) is 11.1. The van der Waals surface area contributed by atoms with Crippen molar-refractivity contribution in [2.24, 2.45) is 0 Å². The number of nitrogens with zero attached hydrogens (tertiary/aromatic N) is 2. The predicted octanol–water partition coefficient (Wildman–Crippen LogP) is 3.60. The van der Waals surface area contributed by atoms with Crippen LogP contribution >= 0.6 is 11.6 Å². The molecule has 2 aromatic heterocycles. The summed E-state index contributed by atoms with van der Waals surface area (Å²) in [6.45, 7) is 0. The first-order valence-corrected chi connectivity index (χ1v) is 5.99. The molecule has 1 aromatic carbocycles. The van der Waals surface area contributed by atoms with Crippen molar-refractivity contribution in [2.45, 2.75) is 0 Å². The molecule has 5 heteroatoms. The molecule has 0 aliphatic rings. The molecule has 0 aliphatic heterocycles. The molecule has 4 nitrogen and oxygen atoms in total. The van der Waals surface area contributed by atoms with Crippen LogP contribution < -0.4 is 0 Å². The molecule has 0 unspecified atom stereocenters. The first kappa shape index (κ1) is 11.7. The average Bonchev–Trinajstić information content (AvgIpc) is 3.07. The molecular weight excluding hydrogens is 264 g/mol. The van der Waals surface area contributed by atoms with Gasteiger partial charge in [0.05, 0.1) is 23.8 Å². The molecule has 0 bridgehead atoms. The highest BCUT2D eigenvalue weighted by Crippen LogP contribution is 2.23. The first-order valence-electron chi connectivity index (χ1n) is 5.61. The van der Waals surface area contributed by atoms with Crippen LogP contribution in [0.1, 0.15) is 10.4 Å². The van der Waals surface area contributed by atoms with E-state index in [4.69, 9.17) is 16.0 Å². The number of aromatic nitrogens is 2. The van der Waals surface area contributed by atoms with Crippen molar-refractivity contribution >= 4 is 17.9 Å². The Morgan fingerprint density at radius 1 is 1.32 bits per heavy atom. The third kappa shape index (κ3) is 2.18. The molecule has 0 amide bonds. The Balaban J connectivity index is 2.12. The van der Waals surface area contributed by atoms with Crippen LogP contribution in [0.2, 0.25) is 5.02 Å². The zero-order valence-electron chi connectivity index (χ0n) is 9.79. The second kappa shape index (κ2) is 4.74. The Labute approximate surface area is 114 Å². The smallest absolute Gasteiger partial charge is 0.153 e. The summed E-state index contributed by atoms with van der Waals surface area (Å²) in [6, 6.07) is 9.02. The minimum absolute atomic E-state index is 0.501. The van der Waals surface area contributed by atoms with E-state index in [-0.39, 0.29) is 0 Å². The van der Waals surface area contributed by atoms with Crippen LogP contribution in [0.15, 0.2) is 53.5 Å². The third-order valence-corrected chi connectivity index (χ3v) is 2.97. The van der Waals surface area contributed by atoms with Crippen molar-refractivity contribution in [3.05, 3.63) is 59.6 Å². The van der Waals surface area contributed by atoms with Gasteiger partial charge in [-0.1, -0.05) is 17.7 Å². The lowest BCUT2D eigenvalue weighted by Crippen LogP contribution is -1.94. The molecule has 0 spiro atoms. The molecule has 0 N–H and O–H groups in total. The lowest BCUT2D eigenvalue weighted by atomic mass is 10.2. The van der Waals surface area contributed by atoms with Gasteiger partial charge in [-0.15, -0.1) is 0 Å². The maximum absolute atomic E-state index is 11.1. The molecule has 19 heavy (non-hydrogen) atoms. The maximum atomic E-state index is 11.1. The molecule has 0 fully saturated rings. The minimum atomic E-state index is 0.501. The van der Waals surface area contributed by atoms with Gasteiger partial charge in [-0.2, -0.15) is 5.10 Å². The van der Waals surface area contributed by atoms with Gasteiger partial charge in [-0.05, 0) is 24.3 Å². The number of carbonyl (C=O) groups is 1. The Kier molecular flexibility index (Phi) is 2.93. The summed E-state index contributed by atoms with van der Waals surface area (Å²) in [7, 11) is 0. The quantitative estimate of drug-likeness (QED) is 0.685. The van der Waals surface area contributed by atoms with E-state index < -0.39 is 0 Å². The van der Waals surface area contributed by atoms with E-state index >= 15 is 0 Å².